The van der Waals surface area contributed by atoms with Crippen LogP contribution < -0.4 is 0 Å². The Morgan fingerprint density at radius 1 is 1.18 bits per heavy atom. The zero-order chi connectivity index (χ0) is 27.5. The Labute approximate surface area is 246 Å². The second-order valence-corrected chi connectivity index (χ2v) is 12.6. The van der Waals surface area contributed by atoms with Crippen LogP contribution in [-0.2, 0) is 22.4 Å². The number of aryl methyl sites for hydroxylation is 2. The van der Waals surface area contributed by atoms with Crippen molar-refractivity contribution in [3.8, 4) is 0 Å². The predicted octanol–water partition coefficient (Wildman–Crippen LogP) is 4.45. The molecule has 3 heterocycles. The van der Waals surface area contributed by atoms with Gasteiger partial charge in [-0.3, -0.25) is 14.7 Å². The molecule has 7 nitrogen and oxygen atoms in total. The number of ether oxygens (including phenoxy) is 1. The van der Waals surface area contributed by atoms with Crippen LogP contribution in [0.4, 0.5) is 0 Å². The molecule has 1 N–H and O–H groups in total. The van der Waals surface area contributed by atoms with Crippen molar-refractivity contribution in [2.45, 2.75) is 57.4 Å². The van der Waals surface area contributed by atoms with E-state index in [9.17, 15) is 9.82 Å². The number of hydrogen-bond acceptors (Lipinski definition) is 6. The first kappa shape index (κ1) is 29.0. The first-order chi connectivity index (χ1) is 18.8. The van der Waals surface area contributed by atoms with E-state index in [1.807, 2.05) is 19.1 Å². The fraction of sp³-hybridized carbons (Fsp3) is 0.586. The first-order valence-corrected chi connectivity index (χ1v) is 15.4. The summed E-state index contributed by atoms with van der Waals surface area (Å²) in [5, 5.41) is 10.7. The minimum absolute atomic E-state index is 0.0231. The summed E-state index contributed by atoms with van der Waals surface area (Å²) in [7, 11) is 1.31. The molecule has 2 aromatic rings. The fourth-order valence-corrected chi connectivity index (χ4v) is 7.19. The van der Waals surface area contributed by atoms with Crippen LogP contribution in [0, 0.1) is 5.92 Å². The van der Waals surface area contributed by atoms with Crippen LogP contribution in [-0.4, -0.2) is 90.1 Å². The predicted molar refractivity (Wildman–Crippen MR) is 159 cm³/mol. The largest absolute Gasteiger partial charge is 0.437 e. The Bertz CT molecular complexity index is 1110. The Kier molecular flexibility index (Phi) is 9.68. The standard InChI is InChI=1S/C29H39BBrClN4O3/c1-30(38)35-10-7-20(8-11-35)15-27(37)36-13-12-34(19-25(36)9-14-39-2)29-26-6-5-24(32)17-21(26)3-4-22-16-23(31)18-33-28(22)29/h5-6,16-18,20,25,29,38H,3-4,7-15,19H2,1-2H3/t25-,29?/m0/s1. The summed E-state index contributed by atoms with van der Waals surface area (Å²) in [5.74, 6) is 0.628. The maximum Gasteiger partial charge on any atom is 0.376 e. The van der Waals surface area contributed by atoms with Crippen molar-refractivity contribution < 1.29 is 14.6 Å². The normalized spacial score (nSPS) is 22.7. The van der Waals surface area contributed by atoms with Crippen LogP contribution in [0.1, 0.15) is 54.1 Å². The zero-order valence-electron chi connectivity index (χ0n) is 23.0. The Hall–Kier alpha value is -1.49. The smallest absolute Gasteiger partial charge is 0.376 e. The number of benzene rings is 1. The molecule has 0 saturated carbocycles. The van der Waals surface area contributed by atoms with Crippen LogP contribution in [0.2, 0.25) is 11.8 Å². The highest BCUT2D eigenvalue weighted by Crippen LogP contribution is 2.39. The number of nitrogens with zero attached hydrogens (tertiary/aromatic N) is 4. The summed E-state index contributed by atoms with van der Waals surface area (Å²) in [6.45, 7) is 6.41. The van der Waals surface area contributed by atoms with Gasteiger partial charge in [-0.15, -0.1) is 0 Å². The molecule has 3 aliphatic rings. The highest BCUT2D eigenvalue weighted by molar-refractivity contribution is 9.10. The van der Waals surface area contributed by atoms with Crippen molar-refractivity contribution in [2.75, 3.05) is 46.4 Å². The van der Waals surface area contributed by atoms with Crippen molar-refractivity contribution in [1.82, 2.24) is 19.6 Å². The SMILES string of the molecule is COCC[C@H]1CN(C2c3ccc(Cl)cc3CCc3cc(Br)cnc32)CCN1C(=O)CC1CCN(B(C)O)CC1. The van der Waals surface area contributed by atoms with E-state index < -0.39 is 7.05 Å². The third kappa shape index (κ3) is 6.71. The quantitative estimate of drug-likeness (QED) is 0.464. The van der Waals surface area contributed by atoms with Gasteiger partial charge in [0.1, 0.15) is 0 Å². The summed E-state index contributed by atoms with van der Waals surface area (Å²) >= 11 is 10.0. The third-order valence-electron chi connectivity index (χ3n) is 8.79. The number of rotatable bonds is 7. The van der Waals surface area contributed by atoms with Gasteiger partial charge in [-0.2, -0.15) is 0 Å². The van der Waals surface area contributed by atoms with Crippen LogP contribution >= 0.6 is 27.5 Å². The highest BCUT2D eigenvalue weighted by atomic mass is 79.9. The van der Waals surface area contributed by atoms with E-state index >= 15 is 0 Å². The van der Waals surface area contributed by atoms with Crippen molar-refractivity contribution in [3.05, 3.63) is 62.3 Å². The lowest BCUT2D eigenvalue weighted by Gasteiger charge is -2.45. The van der Waals surface area contributed by atoms with Gasteiger partial charge in [0.15, 0.2) is 0 Å². The Morgan fingerprint density at radius 2 is 1.95 bits per heavy atom. The molecule has 0 bridgehead atoms. The Balaban J connectivity index is 1.36. The molecule has 2 fully saturated rings. The van der Waals surface area contributed by atoms with Gasteiger partial charge in [-0.05, 0) is 109 Å². The number of piperidine rings is 1. The first-order valence-electron chi connectivity index (χ1n) is 14.2. The van der Waals surface area contributed by atoms with Crippen LogP contribution in [0.5, 0.6) is 0 Å². The highest BCUT2D eigenvalue weighted by Gasteiger charge is 2.38. The summed E-state index contributed by atoms with van der Waals surface area (Å²) in [6, 6.07) is 8.57. The van der Waals surface area contributed by atoms with Gasteiger partial charge in [0.05, 0.1) is 11.7 Å². The van der Waals surface area contributed by atoms with Gasteiger partial charge >= 0.3 is 7.05 Å². The van der Waals surface area contributed by atoms with E-state index in [2.05, 4.69) is 48.7 Å². The van der Waals surface area contributed by atoms with Crippen molar-refractivity contribution >= 4 is 40.5 Å². The molecule has 0 radical (unpaired) electrons. The van der Waals surface area contributed by atoms with Gasteiger partial charge < -0.3 is 19.5 Å². The molecule has 1 aromatic carbocycles. The number of pyridine rings is 1. The molecular weight excluding hydrogens is 579 g/mol. The number of aromatic nitrogens is 1. The lowest BCUT2D eigenvalue weighted by Crippen LogP contribution is -2.56. The lowest BCUT2D eigenvalue weighted by atomic mass is 9.80. The molecule has 210 valence electrons. The number of hydrogen-bond donors (Lipinski definition) is 1. The lowest BCUT2D eigenvalue weighted by molar-refractivity contribution is -0.138. The van der Waals surface area contributed by atoms with Gasteiger partial charge in [-0.1, -0.05) is 17.7 Å². The van der Waals surface area contributed by atoms with Crippen LogP contribution in [0.15, 0.2) is 34.9 Å². The molecule has 1 amide bonds. The maximum absolute atomic E-state index is 13.6. The Morgan fingerprint density at radius 3 is 2.69 bits per heavy atom. The van der Waals surface area contributed by atoms with Crippen LogP contribution in [0.25, 0.3) is 0 Å². The molecule has 10 heteroatoms. The topological polar surface area (TPSA) is 69.1 Å². The third-order valence-corrected chi connectivity index (χ3v) is 9.45. The number of piperazine rings is 1. The van der Waals surface area contributed by atoms with Gasteiger partial charge in [0.2, 0.25) is 5.91 Å². The zero-order valence-corrected chi connectivity index (χ0v) is 25.3. The molecule has 0 spiro atoms. The molecule has 1 unspecified atom stereocenters. The van der Waals surface area contributed by atoms with Crippen LogP contribution in [0.3, 0.4) is 0 Å². The van der Waals surface area contributed by atoms with E-state index in [1.165, 1.54) is 16.7 Å². The average Bonchev–Trinajstić information content (AvgIpc) is 3.08. The molecule has 2 aliphatic heterocycles. The molecule has 39 heavy (non-hydrogen) atoms. The van der Waals surface area contributed by atoms with E-state index in [4.69, 9.17) is 21.3 Å². The second-order valence-electron chi connectivity index (χ2n) is 11.3. The summed E-state index contributed by atoms with van der Waals surface area (Å²) in [6.07, 6.45) is 7.05. The monoisotopic (exact) mass is 616 g/mol. The summed E-state index contributed by atoms with van der Waals surface area (Å²) in [4.78, 5) is 25.3. The molecule has 2 atom stereocenters. The van der Waals surface area contributed by atoms with Crippen molar-refractivity contribution in [1.29, 1.82) is 0 Å². The molecule has 1 aromatic heterocycles. The molecule has 1 aliphatic carbocycles. The number of fused-ring (bicyclic) bond motifs is 2. The minimum atomic E-state index is -0.418. The fourth-order valence-electron chi connectivity index (χ4n) is 6.62. The number of methoxy groups -OCH3 is 1. The summed E-state index contributed by atoms with van der Waals surface area (Å²) in [5.41, 5.74) is 4.91. The van der Waals surface area contributed by atoms with Crippen molar-refractivity contribution in [2.24, 2.45) is 5.92 Å². The number of halogens is 2. The number of carbonyl (C=O) groups excluding carboxylic acids is 1. The second kappa shape index (κ2) is 13.0. The number of amides is 1. The number of carbonyl (C=O) groups is 1. The van der Waals surface area contributed by atoms with E-state index in [-0.39, 0.29) is 18.0 Å². The minimum Gasteiger partial charge on any atom is -0.437 e. The van der Waals surface area contributed by atoms with Gasteiger partial charge in [0, 0.05) is 61.5 Å². The van der Waals surface area contributed by atoms with Gasteiger partial charge in [-0.25, -0.2) is 0 Å². The average molecular weight is 618 g/mol. The molecule has 2 saturated heterocycles. The van der Waals surface area contributed by atoms with E-state index in [0.29, 0.717) is 25.5 Å². The summed E-state index contributed by atoms with van der Waals surface area (Å²) < 4.78 is 6.48. The van der Waals surface area contributed by atoms with E-state index in [1.54, 1.807) is 7.11 Å². The van der Waals surface area contributed by atoms with E-state index in [0.717, 1.165) is 73.5 Å². The molecular formula is C29H39BBrClN4O3. The maximum atomic E-state index is 13.6. The van der Waals surface area contributed by atoms with Gasteiger partial charge in [0.25, 0.3) is 0 Å². The molecule has 5 rings (SSSR count). The van der Waals surface area contributed by atoms with Crippen molar-refractivity contribution in [3.63, 3.8) is 0 Å².